The van der Waals surface area contributed by atoms with E-state index in [-0.39, 0.29) is 5.91 Å². The van der Waals surface area contributed by atoms with Crippen molar-refractivity contribution in [3.63, 3.8) is 0 Å². The van der Waals surface area contributed by atoms with Crippen molar-refractivity contribution in [1.82, 2.24) is 19.7 Å². The average molecular weight is 357 g/mol. The van der Waals surface area contributed by atoms with Gasteiger partial charge in [0.1, 0.15) is 0 Å². The minimum atomic E-state index is 0.207. The normalized spacial score (nSPS) is 11.5. The Morgan fingerprint density at radius 3 is 2.58 bits per heavy atom. The van der Waals surface area contributed by atoms with E-state index in [4.69, 9.17) is 0 Å². The number of benzene rings is 1. The molecule has 0 saturated carbocycles. The molecule has 0 N–H and O–H groups in total. The topological polar surface area (TPSA) is 39.7 Å². The molecule has 5 nitrogen and oxygen atoms in total. The lowest BCUT2D eigenvalue weighted by Gasteiger charge is -2.24. The molecule has 0 radical (unpaired) electrons. The standard InChI is InChI=1S/C21H32N4O/c1-5-25(6-2)17-21(26)24(4)14-8-13-23(3)16-18-10-11-20-19(15-18)9-7-12-22-20/h7,9-12,15H,5-6,8,13-14,16-17H2,1-4H3. The number of carbonyl (C=O) groups excluding carboxylic acids is 1. The minimum Gasteiger partial charge on any atom is -0.345 e. The van der Waals surface area contributed by atoms with E-state index in [1.807, 2.05) is 24.2 Å². The monoisotopic (exact) mass is 356 g/mol. The SMILES string of the molecule is CCN(CC)CC(=O)N(C)CCCN(C)Cc1ccc2ncccc2c1. The molecule has 0 atom stereocenters. The number of carbonyl (C=O) groups is 1. The summed E-state index contributed by atoms with van der Waals surface area (Å²) in [7, 11) is 4.04. The summed E-state index contributed by atoms with van der Waals surface area (Å²) in [6.45, 7) is 9.20. The highest BCUT2D eigenvalue weighted by Gasteiger charge is 2.12. The van der Waals surface area contributed by atoms with Crippen LogP contribution in [0.5, 0.6) is 0 Å². The minimum absolute atomic E-state index is 0.207. The van der Waals surface area contributed by atoms with Crippen molar-refractivity contribution in [2.75, 3.05) is 46.8 Å². The van der Waals surface area contributed by atoms with Gasteiger partial charge in [0, 0.05) is 31.7 Å². The van der Waals surface area contributed by atoms with Crippen molar-refractivity contribution in [2.45, 2.75) is 26.8 Å². The highest BCUT2D eigenvalue weighted by molar-refractivity contribution is 5.79. The Morgan fingerprint density at radius 2 is 1.85 bits per heavy atom. The molecule has 142 valence electrons. The lowest BCUT2D eigenvalue weighted by molar-refractivity contribution is -0.131. The van der Waals surface area contributed by atoms with Gasteiger partial charge in [0.15, 0.2) is 0 Å². The van der Waals surface area contributed by atoms with Gasteiger partial charge in [-0.25, -0.2) is 0 Å². The molecule has 0 aliphatic rings. The molecule has 2 aromatic rings. The van der Waals surface area contributed by atoms with Crippen molar-refractivity contribution >= 4 is 16.8 Å². The highest BCUT2D eigenvalue weighted by atomic mass is 16.2. The van der Waals surface area contributed by atoms with Crippen molar-refractivity contribution in [3.05, 3.63) is 42.1 Å². The van der Waals surface area contributed by atoms with Crippen LogP contribution in [0.1, 0.15) is 25.8 Å². The zero-order valence-corrected chi connectivity index (χ0v) is 16.6. The fourth-order valence-corrected chi connectivity index (χ4v) is 3.08. The Morgan fingerprint density at radius 1 is 1.08 bits per heavy atom. The van der Waals surface area contributed by atoms with Crippen LogP contribution in [-0.4, -0.2) is 72.4 Å². The molecule has 0 bridgehead atoms. The molecule has 0 fully saturated rings. The van der Waals surface area contributed by atoms with Crippen LogP contribution < -0.4 is 0 Å². The predicted octanol–water partition coefficient (Wildman–Crippen LogP) is 2.86. The van der Waals surface area contributed by atoms with Gasteiger partial charge in [-0.3, -0.25) is 14.7 Å². The van der Waals surface area contributed by atoms with Crippen LogP contribution in [0.15, 0.2) is 36.5 Å². The molecule has 0 unspecified atom stereocenters. The molecule has 1 amide bonds. The molecular weight excluding hydrogens is 324 g/mol. The second kappa shape index (κ2) is 10.2. The first-order valence-corrected chi connectivity index (χ1v) is 9.52. The highest BCUT2D eigenvalue weighted by Crippen LogP contribution is 2.14. The van der Waals surface area contributed by atoms with Crippen LogP contribution in [0, 0.1) is 0 Å². The van der Waals surface area contributed by atoms with Gasteiger partial charge in [-0.1, -0.05) is 26.0 Å². The van der Waals surface area contributed by atoms with Gasteiger partial charge in [-0.05, 0) is 56.9 Å². The van der Waals surface area contributed by atoms with Gasteiger partial charge in [0.2, 0.25) is 5.91 Å². The summed E-state index contributed by atoms with van der Waals surface area (Å²) in [6, 6.07) is 10.5. The third-order valence-electron chi connectivity index (χ3n) is 4.83. The predicted molar refractivity (Wildman–Crippen MR) is 108 cm³/mol. The number of hydrogen-bond donors (Lipinski definition) is 0. The molecule has 0 aliphatic heterocycles. The maximum Gasteiger partial charge on any atom is 0.236 e. The zero-order valence-electron chi connectivity index (χ0n) is 16.6. The molecule has 5 heteroatoms. The van der Waals surface area contributed by atoms with E-state index >= 15 is 0 Å². The molecule has 1 aromatic heterocycles. The molecule has 1 aromatic carbocycles. The van der Waals surface area contributed by atoms with Crippen LogP contribution in [0.3, 0.4) is 0 Å². The van der Waals surface area contributed by atoms with Crippen LogP contribution in [0.4, 0.5) is 0 Å². The van der Waals surface area contributed by atoms with Crippen molar-refractivity contribution < 1.29 is 4.79 Å². The van der Waals surface area contributed by atoms with E-state index in [9.17, 15) is 4.79 Å². The maximum absolute atomic E-state index is 12.2. The first kappa shape index (κ1) is 20.3. The van der Waals surface area contributed by atoms with E-state index in [0.29, 0.717) is 6.54 Å². The third kappa shape index (κ3) is 6.07. The van der Waals surface area contributed by atoms with Gasteiger partial charge in [0.25, 0.3) is 0 Å². The first-order chi connectivity index (χ1) is 12.5. The van der Waals surface area contributed by atoms with E-state index in [2.05, 4.69) is 59.9 Å². The number of amides is 1. The molecule has 1 heterocycles. The Labute approximate surface area is 157 Å². The average Bonchev–Trinajstić information content (AvgIpc) is 2.65. The Bertz CT molecular complexity index is 699. The largest absolute Gasteiger partial charge is 0.345 e. The summed E-state index contributed by atoms with van der Waals surface area (Å²) >= 11 is 0. The molecular formula is C21H32N4O. The smallest absolute Gasteiger partial charge is 0.236 e. The van der Waals surface area contributed by atoms with Crippen molar-refractivity contribution in [3.8, 4) is 0 Å². The first-order valence-electron chi connectivity index (χ1n) is 9.52. The van der Waals surface area contributed by atoms with Gasteiger partial charge in [-0.15, -0.1) is 0 Å². The Kier molecular flexibility index (Phi) is 8.01. The number of pyridine rings is 1. The third-order valence-corrected chi connectivity index (χ3v) is 4.83. The van der Waals surface area contributed by atoms with Gasteiger partial charge in [0.05, 0.1) is 12.1 Å². The number of fused-ring (bicyclic) bond motifs is 1. The van der Waals surface area contributed by atoms with Gasteiger partial charge >= 0.3 is 0 Å². The van der Waals surface area contributed by atoms with Crippen LogP contribution in [-0.2, 0) is 11.3 Å². The number of rotatable bonds is 10. The fraction of sp³-hybridized carbons (Fsp3) is 0.524. The van der Waals surface area contributed by atoms with E-state index in [1.54, 1.807) is 0 Å². The summed E-state index contributed by atoms with van der Waals surface area (Å²) in [5, 5.41) is 1.18. The second-order valence-electron chi connectivity index (χ2n) is 6.90. The quantitative estimate of drug-likeness (QED) is 0.656. The lowest BCUT2D eigenvalue weighted by atomic mass is 10.1. The second-order valence-corrected chi connectivity index (χ2v) is 6.90. The van der Waals surface area contributed by atoms with Gasteiger partial charge in [-0.2, -0.15) is 0 Å². The van der Waals surface area contributed by atoms with Crippen LogP contribution in [0.25, 0.3) is 10.9 Å². The van der Waals surface area contributed by atoms with E-state index in [0.717, 1.165) is 44.7 Å². The van der Waals surface area contributed by atoms with Crippen molar-refractivity contribution in [1.29, 1.82) is 0 Å². The van der Waals surface area contributed by atoms with E-state index in [1.165, 1.54) is 10.9 Å². The number of aromatic nitrogens is 1. The van der Waals surface area contributed by atoms with Gasteiger partial charge < -0.3 is 9.80 Å². The molecule has 0 saturated heterocycles. The maximum atomic E-state index is 12.2. The number of nitrogens with zero attached hydrogens (tertiary/aromatic N) is 4. The Balaban J connectivity index is 1.75. The van der Waals surface area contributed by atoms with Crippen LogP contribution in [0.2, 0.25) is 0 Å². The Hall–Kier alpha value is -1.98. The fourth-order valence-electron chi connectivity index (χ4n) is 3.08. The lowest BCUT2D eigenvalue weighted by Crippen LogP contribution is -2.39. The molecule has 0 spiro atoms. The van der Waals surface area contributed by atoms with Crippen molar-refractivity contribution in [2.24, 2.45) is 0 Å². The summed E-state index contributed by atoms with van der Waals surface area (Å²) < 4.78 is 0. The number of hydrogen-bond acceptors (Lipinski definition) is 4. The summed E-state index contributed by atoms with van der Waals surface area (Å²) in [4.78, 5) is 22.9. The molecule has 2 rings (SSSR count). The van der Waals surface area contributed by atoms with Crippen LogP contribution >= 0.6 is 0 Å². The van der Waals surface area contributed by atoms with E-state index < -0.39 is 0 Å². The number of likely N-dealkylation sites (N-methyl/N-ethyl adjacent to an activating group) is 2. The summed E-state index contributed by atoms with van der Waals surface area (Å²) in [5.41, 5.74) is 2.33. The summed E-state index contributed by atoms with van der Waals surface area (Å²) in [6.07, 6.45) is 2.80. The molecule has 26 heavy (non-hydrogen) atoms. The zero-order chi connectivity index (χ0) is 18.9. The summed E-state index contributed by atoms with van der Waals surface area (Å²) in [5.74, 6) is 0.207. The molecule has 0 aliphatic carbocycles.